The molecule has 0 N–H and O–H groups in total. The Kier molecular flexibility index (Phi) is 7.53. The molecule has 3 aromatic carbocycles. The number of pyridine rings is 2. The van der Waals surface area contributed by atoms with Crippen molar-refractivity contribution in [3.8, 4) is 22.5 Å². The van der Waals surface area contributed by atoms with Gasteiger partial charge < -0.3 is 14.4 Å². The third-order valence-corrected chi connectivity index (χ3v) is 7.27. The zero-order valence-corrected chi connectivity index (χ0v) is 24.4. The first-order chi connectivity index (χ1) is 18.0. The molecule has 0 fully saturated rings. The van der Waals surface area contributed by atoms with Crippen LogP contribution < -0.4 is 0 Å². The summed E-state index contributed by atoms with van der Waals surface area (Å²) < 4.78 is 7.48. The molecule has 4 aromatic heterocycles. The fourth-order valence-corrected chi connectivity index (χ4v) is 5.33. The number of fused-ring (bicyclic) bond motifs is 4. The molecule has 0 spiro atoms. The molecule has 0 bridgehead atoms. The van der Waals surface area contributed by atoms with Crippen LogP contribution in [0, 0.1) is 32.9 Å². The normalized spacial score (nSPS) is 10.8. The van der Waals surface area contributed by atoms with Crippen LogP contribution in [-0.2, 0) is 20.1 Å². The van der Waals surface area contributed by atoms with Crippen LogP contribution in [-0.4, -0.2) is 9.97 Å². The molecule has 7 rings (SSSR count). The number of nitrogens with zero attached hydrogens (tertiary/aromatic N) is 2. The van der Waals surface area contributed by atoms with E-state index in [2.05, 4.69) is 65.4 Å². The molecule has 0 saturated carbocycles. The van der Waals surface area contributed by atoms with E-state index in [4.69, 9.17) is 4.42 Å². The summed E-state index contributed by atoms with van der Waals surface area (Å²) in [6, 6.07) is 33.1. The van der Waals surface area contributed by atoms with Gasteiger partial charge in [0, 0.05) is 47.5 Å². The minimum atomic E-state index is 0. The van der Waals surface area contributed by atoms with Crippen molar-refractivity contribution in [1.82, 2.24) is 9.97 Å². The van der Waals surface area contributed by atoms with Gasteiger partial charge in [-0.15, -0.1) is 65.4 Å². The third kappa shape index (κ3) is 5.19. The number of aromatic nitrogens is 2. The van der Waals surface area contributed by atoms with Crippen molar-refractivity contribution >= 4 is 43.4 Å². The Balaban J connectivity index is 0.000000179. The molecule has 38 heavy (non-hydrogen) atoms. The quantitative estimate of drug-likeness (QED) is 0.170. The molecule has 0 unspecified atom stereocenters. The second-order valence-electron chi connectivity index (χ2n) is 9.16. The largest absolute Gasteiger partial charge is 0.501 e. The van der Waals surface area contributed by atoms with E-state index in [1.165, 1.54) is 20.5 Å². The van der Waals surface area contributed by atoms with Gasteiger partial charge in [0.1, 0.15) is 5.58 Å². The van der Waals surface area contributed by atoms with Crippen LogP contribution in [0.2, 0.25) is 0 Å². The van der Waals surface area contributed by atoms with Gasteiger partial charge in [0.2, 0.25) is 0 Å². The van der Waals surface area contributed by atoms with Crippen molar-refractivity contribution in [3.05, 3.63) is 119 Å². The Bertz CT molecular complexity index is 1840. The Morgan fingerprint density at radius 2 is 1.50 bits per heavy atom. The fourth-order valence-electron chi connectivity index (χ4n) is 4.39. The van der Waals surface area contributed by atoms with E-state index in [9.17, 15) is 0 Å². The van der Waals surface area contributed by atoms with Gasteiger partial charge in [-0.2, -0.15) is 0 Å². The maximum absolute atomic E-state index is 6.22. The average molecular weight is 689 g/mol. The number of benzene rings is 3. The van der Waals surface area contributed by atoms with Crippen molar-refractivity contribution in [1.29, 1.82) is 0 Å². The first-order valence-corrected chi connectivity index (χ1v) is 13.0. The molecular weight excluding hydrogens is 665 g/mol. The van der Waals surface area contributed by atoms with Crippen LogP contribution in [0.25, 0.3) is 54.5 Å². The van der Waals surface area contributed by atoms with Crippen molar-refractivity contribution in [2.75, 3.05) is 0 Å². The Hall–Kier alpha value is -3.63. The SMILES string of the molecule is Cc1ccc(-c2[c-]ccc3c2oc2cc4sc(C)cc4cc23)nc1.Cc1ccc(-c2[c-]cccc2)nc1.[Ir]. The van der Waals surface area contributed by atoms with Crippen molar-refractivity contribution in [2.45, 2.75) is 20.8 Å². The molecule has 0 aliphatic rings. The van der Waals surface area contributed by atoms with Crippen molar-refractivity contribution < 1.29 is 24.5 Å². The zero-order valence-electron chi connectivity index (χ0n) is 21.2. The average Bonchev–Trinajstić information content (AvgIpc) is 3.47. The molecule has 0 aliphatic heterocycles. The number of furan rings is 1. The van der Waals surface area contributed by atoms with Crippen LogP contribution >= 0.6 is 11.3 Å². The molecule has 5 heteroatoms. The number of thiophene rings is 1. The Labute approximate surface area is 239 Å². The summed E-state index contributed by atoms with van der Waals surface area (Å²) in [6.45, 7) is 6.21. The van der Waals surface area contributed by atoms with Gasteiger partial charge in [-0.3, -0.25) is 0 Å². The maximum atomic E-state index is 6.22. The molecule has 0 saturated heterocycles. The van der Waals surface area contributed by atoms with E-state index in [0.717, 1.165) is 50.0 Å². The summed E-state index contributed by atoms with van der Waals surface area (Å²) >= 11 is 1.80. The minimum Gasteiger partial charge on any atom is -0.501 e. The molecule has 7 aromatic rings. The number of hydrogen-bond acceptors (Lipinski definition) is 4. The number of aryl methyl sites for hydroxylation is 3. The van der Waals surface area contributed by atoms with Gasteiger partial charge in [0.05, 0.1) is 5.58 Å². The molecule has 4 heterocycles. The summed E-state index contributed by atoms with van der Waals surface area (Å²) in [4.78, 5) is 10.2. The predicted molar refractivity (Wildman–Crippen MR) is 154 cm³/mol. The number of rotatable bonds is 2. The monoisotopic (exact) mass is 689 g/mol. The Morgan fingerprint density at radius 1 is 0.737 bits per heavy atom. The van der Waals surface area contributed by atoms with Crippen LogP contribution in [0.5, 0.6) is 0 Å². The van der Waals surface area contributed by atoms with Crippen LogP contribution in [0.1, 0.15) is 16.0 Å². The molecule has 189 valence electrons. The molecule has 0 atom stereocenters. The molecule has 1 radical (unpaired) electrons. The summed E-state index contributed by atoms with van der Waals surface area (Å²) in [5.74, 6) is 0. The zero-order chi connectivity index (χ0) is 25.4. The third-order valence-electron chi connectivity index (χ3n) is 6.26. The summed E-state index contributed by atoms with van der Waals surface area (Å²) in [7, 11) is 0. The fraction of sp³-hybridized carbons (Fsp3) is 0.0909. The summed E-state index contributed by atoms with van der Waals surface area (Å²) in [5.41, 5.74) is 7.94. The maximum Gasteiger partial charge on any atom is 0.122 e. The van der Waals surface area contributed by atoms with Crippen molar-refractivity contribution in [2.24, 2.45) is 0 Å². The van der Waals surface area contributed by atoms with Gasteiger partial charge in [0.25, 0.3) is 0 Å². The second kappa shape index (κ2) is 11.0. The van der Waals surface area contributed by atoms with Gasteiger partial charge in [0.15, 0.2) is 0 Å². The molecule has 0 aliphatic carbocycles. The van der Waals surface area contributed by atoms with E-state index in [1.54, 1.807) is 11.3 Å². The molecule has 3 nitrogen and oxygen atoms in total. The van der Waals surface area contributed by atoms with E-state index in [0.29, 0.717) is 0 Å². The van der Waals surface area contributed by atoms with Crippen LogP contribution in [0.4, 0.5) is 0 Å². The Morgan fingerprint density at radius 3 is 2.18 bits per heavy atom. The van der Waals surface area contributed by atoms with Crippen LogP contribution in [0.15, 0.2) is 95.7 Å². The van der Waals surface area contributed by atoms with Gasteiger partial charge in [-0.05, 0) is 66.9 Å². The first kappa shape index (κ1) is 26.0. The van der Waals surface area contributed by atoms with E-state index in [-0.39, 0.29) is 20.1 Å². The first-order valence-electron chi connectivity index (χ1n) is 12.1. The molecule has 0 amide bonds. The standard InChI is InChI=1S/C21H14NOS.C12H10N.Ir/c1-12-6-7-18(22-11-12)16-5-3-4-15-17-9-14-8-13(2)24-20(14)10-19(17)23-21(15)16;1-10-7-8-12(13-9-10)11-5-3-2-4-6-11;/h3-4,6-11H,1-2H3;2-5,7-9H,1H3;/q2*-1;. The molecular formula is C33H24IrN2OS-2. The minimum absolute atomic E-state index is 0. The topological polar surface area (TPSA) is 38.9 Å². The van der Waals surface area contributed by atoms with Gasteiger partial charge >= 0.3 is 0 Å². The number of hydrogen-bond donors (Lipinski definition) is 0. The predicted octanol–water partition coefficient (Wildman–Crippen LogP) is 9.13. The summed E-state index contributed by atoms with van der Waals surface area (Å²) in [6.07, 6.45) is 3.75. The van der Waals surface area contributed by atoms with E-state index in [1.807, 2.05) is 68.7 Å². The van der Waals surface area contributed by atoms with Crippen molar-refractivity contribution in [3.63, 3.8) is 0 Å². The van der Waals surface area contributed by atoms with E-state index < -0.39 is 0 Å². The van der Waals surface area contributed by atoms with Gasteiger partial charge in [-0.25, -0.2) is 0 Å². The second-order valence-corrected chi connectivity index (χ2v) is 10.4. The van der Waals surface area contributed by atoms with Gasteiger partial charge in [-0.1, -0.05) is 35.2 Å². The smallest absolute Gasteiger partial charge is 0.122 e. The van der Waals surface area contributed by atoms with E-state index >= 15 is 0 Å². The summed E-state index contributed by atoms with van der Waals surface area (Å²) in [5, 5.41) is 3.54. The van der Waals surface area contributed by atoms with Crippen LogP contribution in [0.3, 0.4) is 0 Å².